The number of rotatable bonds is 9. The van der Waals surface area contributed by atoms with Gasteiger partial charge in [0, 0.05) is 18.0 Å². The number of ether oxygens (including phenoxy) is 1. The number of aromatic nitrogens is 5. The molecule has 0 radical (unpaired) electrons. The maximum Gasteiger partial charge on any atom is 0.339 e. The Morgan fingerprint density at radius 3 is 2.42 bits per heavy atom. The fourth-order valence-electron chi connectivity index (χ4n) is 7.37. The molecule has 0 spiro atoms. The molecule has 2 unspecified atom stereocenters. The number of hydrogen-bond donors (Lipinski definition) is 1. The van der Waals surface area contributed by atoms with E-state index in [4.69, 9.17) is 4.74 Å². The van der Waals surface area contributed by atoms with Gasteiger partial charge in [-0.1, -0.05) is 68.0 Å². The van der Waals surface area contributed by atoms with E-state index in [1.807, 2.05) is 33.6 Å². The van der Waals surface area contributed by atoms with Crippen LogP contribution >= 0.6 is 0 Å². The van der Waals surface area contributed by atoms with Crippen LogP contribution in [0.1, 0.15) is 117 Å². The molecule has 3 atom stereocenters. The maximum absolute atomic E-state index is 12.3. The lowest BCUT2D eigenvalue weighted by molar-refractivity contribution is 0.0695. The van der Waals surface area contributed by atoms with Crippen LogP contribution in [-0.2, 0) is 0 Å². The second-order valence-corrected chi connectivity index (χ2v) is 12.8. The standard InChI is InChI=1S/C35H41N5O3/c1-23(24-10-4-2-5-11-24)43-29-17-9-13-26(19-29)25-12-8-16-28(18-25)40-34(32(21-36-40)35(41)42)31-20-30(31)33-22-39(38-37-33)27-14-6-3-7-15-27/h8-9,12-13,16-19,21-24,27,30-31H,2-7,10-11,14-15,20H2,1H3,(H,41,42)/t23-,30?,31?/m0/s1. The quantitative estimate of drug-likeness (QED) is 0.216. The Labute approximate surface area is 253 Å². The van der Waals surface area contributed by atoms with Crippen molar-refractivity contribution < 1.29 is 14.6 Å². The molecule has 2 aromatic carbocycles. The molecule has 0 amide bonds. The first kappa shape index (κ1) is 27.9. The van der Waals surface area contributed by atoms with Crippen molar-refractivity contribution in [2.45, 2.75) is 102 Å². The van der Waals surface area contributed by atoms with Crippen molar-refractivity contribution in [3.63, 3.8) is 0 Å². The molecular weight excluding hydrogens is 538 g/mol. The molecule has 2 aromatic heterocycles. The molecule has 0 saturated heterocycles. The predicted octanol–water partition coefficient (Wildman–Crippen LogP) is 7.95. The van der Waals surface area contributed by atoms with Gasteiger partial charge in [0.05, 0.1) is 35.4 Å². The molecule has 2 heterocycles. The van der Waals surface area contributed by atoms with Crippen molar-refractivity contribution >= 4 is 5.97 Å². The number of carboxylic acids is 1. The van der Waals surface area contributed by atoms with Gasteiger partial charge in [-0.05, 0) is 80.3 Å². The number of benzene rings is 2. The molecule has 3 saturated carbocycles. The largest absolute Gasteiger partial charge is 0.490 e. The summed E-state index contributed by atoms with van der Waals surface area (Å²) in [7, 11) is 0. The third-order valence-electron chi connectivity index (χ3n) is 9.93. The van der Waals surface area contributed by atoms with E-state index in [0.29, 0.717) is 12.0 Å². The first-order chi connectivity index (χ1) is 21.0. The molecule has 7 rings (SSSR count). The molecule has 1 N–H and O–H groups in total. The van der Waals surface area contributed by atoms with Crippen molar-refractivity contribution in [3.8, 4) is 22.6 Å². The Hall–Kier alpha value is -3.94. The molecule has 3 aliphatic carbocycles. The zero-order valence-electron chi connectivity index (χ0n) is 24.9. The molecular formula is C35H41N5O3. The second kappa shape index (κ2) is 12.0. The zero-order valence-corrected chi connectivity index (χ0v) is 24.9. The van der Waals surface area contributed by atoms with Gasteiger partial charge in [0.2, 0.25) is 0 Å². The number of carbonyl (C=O) groups is 1. The van der Waals surface area contributed by atoms with Crippen LogP contribution in [0.25, 0.3) is 16.8 Å². The van der Waals surface area contributed by atoms with Crippen LogP contribution in [0.2, 0.25) is 0 Å². The summed E-state index contributed by atoms with van der Waals surface area (Å²) in [6.07, 6.45) is 17.1. The SMILES string of the molecule is C[C@H](Oc1cccc(-c2cccc(-n3ncc(C(=O)O)c3C3CC3c3cn(C4CCCCC4)nn3)c2)c1)C1CCCCC1. The lowest BCUT2D eigenvalue weighted by Crippen LogP contribution is -2.25. The van der Waals surface area contributed by atoms with Crippen LogP contribution < -0.4 is 4.74 Å². The lowest BCUT2D eigenvalue weighted by atomic mass is 9.86. The van der Waals surface area contributed by atoms with E-state index in [1.165, 1.54) is 57.6 Å². The van der Waals surface area contributed by atoms with Gasteiger partial charge < -0.3 is 9.84 Å². The molecule has 0 bridgehead atoms. The summed E-state index contributed by atoms with van der Waals surface area (Å²) in [4.78, 5) is 12.3. The number of aromatic carboxylic acids is 1. The predicted molar refractivity (Wildman–Crippen MR) is 165 cm³/mol. The summed E-state index contributed by atoms with van der Waals surface area (Å²) in [5.41, 5.74) is 4.89. The van der Waals surface area contributed by atoms with Crippen LogP contribution in [0.5, 0.6) is 5.75 Å². The monoisotopic (exact) mass is 579 g/mol. The van der Waals surface area contributed by atoms with E-state index in [1.54, 1.807) is 0 Å². The highest BCUT2D eigenvalue weighted by atomic mass is 16.5. The molecule has 3 fully saturated rings. The first-order valence-corrected chi connectivity index (χ1v) is 16.2. The van der Waals surface area contributed by atoms with Gasteiger partial charge in [0.25, 0.3) is 0 Å². The van der Waals surface area contributed by atoms with Crippen LogP contribution in [0.3, 0.4) is 0 Å². The van der Waals surface area contributed by atoms with Gasteiger partial charge >= 0.3 is 5.97 Å². The zero-order chi connectivity index (χ0) is 29.3. The van der Waals surface area contributed by atoms with Crippen molar-refractivity contribution in [1.82, 2.24) is 24.8 Å². The molecule has 0 aliphatic heterocycles. The normalized spacial score (nSPS) is 21.9. The van der Waals surface area contributed by atoms with Crippen molar-refractivity contribution in [3.05, 3.63) is 77.9 Å². The van der Waals surface area contributed by atoms with Gasteiger partial charge in [0.1, 0.15) is 11.3 Å². The maximum atomic E-state index is 12.3. The molecule has 8 nitrogen and oxygen atoms in total. The molecule has 224 valence electrons. The van der Waals surface area contributed by atoms with Crippen LogP contribution in [0.15, 0.2) is 60.9 Å². The Kier molecular flexibility index (Phi) is 7.76. The van der Waals surface area contributed by atoms with E-state index < -0.39 is 5.97 Å². The first-order valence-electron chi connectivity index (χ1n) is 16.2. The Morgan fingerprint density at radius 1 is 0.930 bits per heavy atom. The molecule has 8 heteroatoms. The van der Waals surface area contributed by atoms with Gasteiger partial charge in [0.15, 0.2) is 0 Å². The minimum Gasteiger partial charge on any atom is -0.490 e. The summed E-state index contributed by atoms with van der Waals surface area (Å²) in [5.74, 6) is 0.730. The minimum atomic E-state index is -0.953. The highest BCUT2D eigenvalue weighted by Crippen LogP contribution is 2.55. The van der Waals surface area contributed by atoms with E-state index in [9.17, 15) is 9.90 Å². The molecule has 3 aliphatic rings. The van der Waals surface area contributed by atoms with Crippen molar-refractivity contribution in [1.29, 1.82) is 0 Å². The van der Waals surface area contributed by atoms with E-state index in [2.05, 4.69) is 52.8 Å². The number of carboxylic acid groups (broad SMARTS) is 1. The van der Waals surface area contributed by atoms with Gasteiger partial charge in [-0.2, -0.15) is 5.10 Å². The second-order valence-electron chi connectivity index (χ2n) is 12.8. The van der Waals surface area contributed by atoms with Crippen LogP contribution in [0.4, 0.5) is 0 Å². The highest BCUT2D eigenvalue weighted by molar-refractivity contribution is 5.89. The number of hydrogen-bond acceptors (Lipinski definition) is 5. The fourth-order valence-corrected chi connectivity index (χ4v) is 7.37. The fraction of sp³-hybridized carbons (Fsp3) is 0.486. The Bertz CT molecular complexity index is 1580. The summed E-state index contributed by atoms with van der Waals surface area (Å²) in [6, 6.07) is 16.9. The molecule has 4 aromatic rings. The van der Waals surface area contributed by atoms with Gasteiger partial charge in [-0.3, -0.25) is 0 Å². The van der Waals surface area contributed by atoms with E-state index in [0.717, 1.165) is 53.2 Å². The van der Waals surface area contributed by atoms with Crippen LogP contribution in [0, 0.1) is 5.92 Å². The topological polar surface area (TPSA) is 95.1 Å². The summed E-state index contributed by atoms with van der Waals surface area (Å²) in [5, 5.41) is 23.6. The Morgan fingerprint density at radius 2 is 1.65 bits per heavy atom. The smallest absolute Gasteiger partial charge is 0.339 e. The average molecular weight is 580 g/mol. The highest BCUT2D eigenvalue weighted by Gasteiger charge is 2.46. The Balaban J connectivity index is 1.13. The lowest BCUT2D eigenvalue weighted by Gasteiger charge is -2.28. The third-order valence-corrected chi connectivity index (χ3v) is 9.93. The van der Waals surface area contributed by atoms with Gasteiger partial charge in [-0.15, -0.1) is 5.10 Å². The summed E-state index contributed by atoms with van der Waals surface area (Å²) < 4.78 is 10.3. The van der Waals surface area contributed by atoms with Crippen molar-refractivity contribution in [2.24, 2.45) is 5.92 Å². The molecule has 43 heavy (non-hydrogen) atoms. The summed E-state index contributed by atoms with van der Waals surface area (Å²) in [6.45, 7) is 2.20. The summed E-state index contributed by atoms with van der Waals surface area (Å²) >= 11 is 0. The average Bonchev–Trinajstić information content (AvgIpc) is 3.45. The third kappa shape index (κ3) is 5.84. The van der Waals surface area contributed by atoms with Crippen molar-refractivity contribution in [2.75, 3.05) is 0 Å². The van der Waals surface area contributed by atoms with Crippen LogP contribution in [-0.4, -0.2) is 42.0 Å². The minimum absolute atomic E-state index is 0.0340. The van der Waals surface area contributed by atoms with E-state index >= 15 is 0 Å². The number of nitrogens with zero attached hydrogens (tertiary/aromatic N) is 5. The van der Waals surface area contributed by atoms with E-state index in [-0.39, 0.29) is 23.5 Å². The van der Waals surface area contributed by atoms with Gasteiger partial charge in [-0.25, -0.2) is 14.2 Å².